The van der Waals surface area contributed by atoms with E-state index < -0.39 is 0 Å². The Kier molecular flexibility index (Phi) is 4.83. The van der Waals surface area contributed by atoms with Crippen molar-refractivity contribution in [2.75, 3.05) is 6.16 Å². The van der Waals surface area contributed by atoms with E-state index in [2.05, 4.69) is 24.3 Å². The number of hydrogen-bond acceptors (Lipinski definition) is 0. The Balaban J connectivity index is 2.30. The van der Waals surface area contributed by atoms with Crippen LogP contribution in [-0.4, -0.2) is 6.16 Å². The summed E-state index contributed by atoms with van der Waals surface area (Å²) in [6, 6.07) is 0. The molecule has 0 atom stereocenters. The monoisotopic (exact) mass is 162 g/mol. The Morgan fingerprint density at radius 3 is 2.25 bits per heavy atom. The second-order valence-electron chi connectivity index (χ2n) is 0.329. The molecule has 0 amide bonds. The van der Waals surface area contributed by atoms with Gasteiger partial charge in [-0.3, -0.25) is 0 Å². The van der Waals surface area contributed by atoms with Gasteiger partial charge in [0.15, 0.2) is 0 Å². The molecule has 2 heteroatoms. The SMILES string of the molecule is [CH2-]C[P]=[Rh]. The van der Waals surface area contributed by atoms with Crippen molar-refractivity contribution in [2.45, 2.75) is 0 Å². The van der Waals surface area contributed by atoms with Crippen LogP contribution >= 0.6 is 6.46 Å². The van der Waals surface area contributed by atoms with E-state index >= 15 is 0 Å². The molecule has 0 saturated carbocycles. The van der Waals surface area contributed by atoms with Crippen LogP contribution < -0.4 is 0 Å². The molecule has 27 valence electrons. The molecule has 0 aliphatic heterocycles. The maximum absolute atomic E-state index is 3.56. The molecule has 0 fully saturated rings. The fourth-order valence-electron chi connectivity index (χ4n) is 0. The van der Waals surface area contributed by atoms with E-state index in [1.54, 1.807) is 0 Å². The first-order chi connectivity index (χ1) is 1.91. The van der Waals surface area contributed by atoms with Crippen LogP contribution in [0.5, 0.6) is 0 Å². The second kappa shape index (κ2) is 3.92. The molecule has 0 aromatic rings. The summed E-state index contributed by atoms with van der Waals surface area (Å²) in [4.78, 5) is 0. The first-order valence-corrected chi connectivity index (χ1v) is 4.09. The molecule has 4 heavy (non-hydrogen) atoms. The molecule has 0 aromatic heterocycles. The van der Waals surface area contributed by atoms with Gasteiger partial charge in [0.1, 0.15) is 0 Å². The third kappa shape index (κ3) is 2.92. The maximum atomic E-state index is 3.56. The zero-order valence-electron chi connectivity index (χ0n) is 2.19. The van der Waals surface area contributed by atoms with Gasteiger partial charge in [-0.1, -0.05) is 0 Å². The van der Waals surface area contributed by atoms with E-state index in [1.807, 2.05) is 0 Å². The number of rotatable bonds is 1. The summed E-state index contributed by atoms with van der Waals surface area (Å²) < 4.78 is 0. The van der Waals surface area contributed by atoms with Crippen molar-refractivity contribution < 1.29 is 17.3 Å². The van der Waals surface area contributed by atoms with Crippen molar-refractivity contribution in [3.05, 3.63) is 6.92 Å². The van der Waals surface area contributed by atoms with E-state index in [9.17, 15) is 0 Å². The molecule has 0 heterocycles. The molecule has 0 nitrogen and oxygen atoms in total. The van der Waals surface area contributed by atoms with E-state index in [0.29, 0.717) is 0 Å². The summed E-state index contributed by atoms with van der Waals surface area (Å²) in [7, 11) is 0. The van der Waals surface area contributed by atoms with Crippen molar-refractivity contribution >= 4 is 6.46 Å². The van der Waals surface area contributed by atoms with Gasteiger partial charge in [-0.15, -0.1) is 0 Å². The Labute approximate surface area is 37.4 Å². The van der Waals surface area contributed by atoms with Gasteiger partial charge in [-0.2, -0.15) is 0 Å². The molecule has 0 saturated heterocycles. The van der Waals surface area contributed by atoms with Crippen LogP contribution in [0.1, 0.15) is 0 Å². The normalized spacial score (nSPS) is 8.50. The van der Waals surface area contributed by atoms with Crippen molar-refractivity contribution in [3.8, 4) is 0 Å². The quantitative estimate of drug-likeness (QED) is 0.309. The Morgan fingerprint density at radius 1 is 2.00 bits per heavy atom. The predicted molar refractivity (Wildman–Crippen MR) is 17.1 cm³/mol. The minimum atomic E-state index is 0.993. The van der Waals surface area contributed by atoms with Gasteiger partial charge in [0, 0.05) is 0 Å². The van der Waals surface area contributed by atoms with Gasteiger partial charge >= 0.3 is 36.9 Å². The molecule has 0 N–H and O–H groups in total. The average molecular weight is 162 g/mol. The molecule has 0 unspecified atom stereocenters. The minimum absolute atomic E-state index is 0.993. The van der Waals surface area contributed by atoms with Gasteiger partial charge in [0.25, 0.3) is 0 Å². The summed E-state index contributed by atoms with van der Waals surface area (Å²) in [6.45, 7) is 4.84. The third-order valence-electron chi connectivity index (χ3n) is 0.0745. The topological polar surface area (TPSA) is 0 Å². The van der Waals surface area contributed by atoms with Crippen LogP contribution in [0, 0.1) is 6.92 Å². The molecular formula is C2H4PRh-. The molecule has 0 aromatic carbocycles. The van der Waals surface area contributed by atoms with Gasteiger partial charge in [0.05, 0.1) is 0 Å². The summed E-state index contributed by atoms with van der Waals surface area (Å²) in [5.74, 6) is 0. The van der Waals surface area contributed by atoms with E-state index in [-0.39, 0.29) is 0 Å². The second-order valence-corrected chi connectivity index (χ2v) is 2.54. The van der Waals surface area contributed by atoms with Crippen LogP contribution in [0.4, 0.5) is 0 Å². The third-order valence-corrected chi connectivity index (χ3v) is 1.32. The first-order valence-electron chi connectivity index (χ1n) is 0.965. The van der Waals surface area contributed by atoms with Gasteiger partial charge in [0.2, 0.25) is 0 Å². The Morgan fingerprint density at radius 2 is 2.25 bits per heavy atom. The standard InChI is InChI=1S/C2H4P.Rh/c1-2-3;/h1-2H2;/q-1;. The molecule has 0 bridgehead atoms. The van der Waals surface area contributed by atoms with Crippen LogP contribution in [0.3, 0.4) is 0 Å². The summed E-state index contributed by atoms with van der Waals surface area (Å²) in [5, 5.41) is 0. The Bertz CT molecular complexity index is 20.0. The van der Waals surface area contributed by atoms with Crippen LogP contribution in [0.2, 0.25) is 0 Å². The summed E-state index contributed by atoms with van der Waals surface area (Å²) in [6.07, 6.45) is 0.993. The zero-order valence-corrected chi connectivity index (χ0v) is 4.73. The van der Waals surface area contributed by atoms with Crippen LogP contribution in [0.25, 0.3) is 0 Å². The molecule has 0 aliphatic carbocycles. The van der Waals surface area contributed by atoms with Crippen molar-refractivity contribution in [1.29, 1.82) is 0 Å². The van der Waals surface area contributed by atoms with E-state index in [0.717, 1.165) is 6.16 Å². The summed E-state index contributed by atoms with van der Waals surface area (Å²) in [5.41, 5.74) is 0. The average Bonchev–Trinajstić information content (AvgIpc) is 1.37. The first kappa shape index (κ1) is 4.92. The van der Waals surface area contributed by atoms with Crippen LogP contribution in [0.15, 0.2) is 0 Å². The van der Waals surface area contributed by atoms with E-state index in [1.165, 1.54) is 6.46 Å². The van der Waals surface area contributed by atoms with Gasteiger partial charge in [-0.05, 0) is 0 Å². The molecular weight excluding hydrogens is 158 g/mol. The van der Waals surface area contributed by atoms with Crippen molar-refractivity contribution in [3.63, 3.8) is 0 Å². The molecule has 0 radical (unpaired) electrons. The fraction of sp³-hybridized carbons (Fsp3) is 0.500. The Hall–Kier alpha value is 0.923. The zero-order chi connectivity index (χ0) is 3.41. The molecule has 0 spiro atoms. The van der Waals surface area contributed by atoms with Gasteiger partial charge in [-0.25, -0.2) is 0 Å². The van der Waals surface area contributed by atoms with Gasteiger partial charge < -0.3 is 0 Å². The van der Waals surface area contributed by atoms with Crippen molar-refractivity contribution in [1.82, 2.24) is 0 Å². The molecule has 0 rings (SSSR count). The van der Waals surface area contributed by atoms with Crippen LogP contribution in [-0.2, 0) is 17.3 Å². The molecule has 0 aliphatic rings. The predicted octanol–water partition coefficient (Wildman–Crippen LogP) is 1.23. The summed E-state index contributed by atoms with van der Waals surface area (Å²) >= 11 is 2.72. The van der Waals surface area contributed by atoms with Crippen molar-refractivity contribution in [2.24, 2.45) is 0 Å². The number of hydrogen-bond donors (Lipinski definition) is 0. The fourth-order valence-corrected chi connectivity index (χ4v) is 0. The van der Waals surface area contributed by atoms with E-state index in [4.69, 9.17) is 0 Å².